The van der Waals surface area contributed by atoms with Crippen LogP contribution in [0.3, 0.4) is 0 Å². The van der Waals surface area contributed by atoms with Gasteiger partial charge in [0.2, 0.25) is 5.95 Å². The summed E-state index contributed by atoms with van der Waals surface area (Å²) in [4.78, 5) is 11.6. The molecule has 102 valence electrons. The van der Waals surface area contributed by atoms with Gasteiger partial charge in [0.15, 0.2) is 0 Å². The first kappa shape index (κ1) is 13.5. The normalized spacial score (nSPS) is 9.90. The molecule has 20 heavy (non-hydrogen) atoms. The minimum Gasteiger partial charge on any atom is -0.467 e. The van der Waals surface area contributed by atoms with Crippen LogP contribution in [0, 0.1) is 25.2 Å². The lowest BCUT2D eigenvalue weighted by Crippen LogP contribution is -2.04. The number of nitrogens with zero attached hydrogens (tertiary/aromatic N) is 4. The Labute approximate surface area is 116 Å². The number of aromatic nitrogens is 3. The summed E-state index contributed by atoms with van der Waals surface area (Å²) in [5.74, 6) is 0.590. The highest BCUT2D eigenvalue weighted by Crippen LogP contribution is 2.28. The average Bonchev–Trinajstić information content (AvgIpc) is 2.41. The lowest BCUT2D eigenvalue weighted by atomic mass is 10.1. The van der Waals surface area contributed by atoms with E-state index in [-0.39, 0.29) is 18.0 Å². The van der Waals surface area contributed by atoms with Gasteiger partial charge in [-0.25, -0.2) is 0 Å². The number of ether oxygens (including phenoxy) is 2. The molecule has 0 spiro atoms. The van der Waals surface area contributed by atoms with Crippen molar-refractivity contribution in [2.75, 3.05) is 12.8 Å². The second-order valence-electron chi connectivity index (χ2n) is 4.12. The van der Waals surface area contributed by atoms with Crippen LogP contribution in [0.5, 0.6) is 17.8 Å². The molecule has 1 aromatic heterocycles. The fraction of sp³-hybridized carbons (Fsp3) is 0.231. The van der Waals surface area contributed by atoms with Crippen molar-refractivity contribution in [3.8, 4) is 23.8 Å². The molecule has 2 rings (SSSR count). The Morgan fingerprint density at radius 3 is 2.25 bits per heavy atom. The van der Waals surface area contributed by atoms with E-state index in [4.69, 9.17) is 20.5 Å². The van der Waals surface area contributed by atoms with Crippen LogP contribution in [-0.2, 0) is 0 Å². The second kappa shape index (κ2) is 5.40. The van der Waals surface area contributed by atoms with Crippen LogP contribution >= 0.6 is 0 Å². The van der Waals surface area contributed by atoms with Gasteiger partial charge in [0.1, 0.15) is 5.75 Å². The van der Waals surface area contributed by atoms with Crippen molar-refractivity contribution >= 4 is 5.95 Å². The van der Waals surface area contributed by atoms with Crippen molar-refractivity contribution in [1.82, 2.24) is 15.0 Å². The van der Waals surface area contributed by atoms with E-state index >= 15 is 0 Å². The largest absolute Gasteiger partial charge is 0.467 e. The number of anilines is 1. The molecule has 0 bridgehead atoms. The first-order valence-corrected chi connectivity index (χ1v) is 5.78. The molecule has 0 saturated heterocycles. The summed E-state index contributed by atoms with van der Waals surface area (Å²) >= 11 is 0. The number of nitrogens with two attached hydrogens (primary N) is 1. The molecule has 0 atom stereocenters. The van der Waals surface area contributed by atoms with Gasteiger partial charge in [-0.3, -0.25) is 0 Å². The van der Waals surface area contributed by atoms with Crippen LogP contribution < -0.4 is 15.2 Å². The van der Waals surface area contributed by atoms with Gasteiger partial charge in [-0.05, 0) is 37.1 Å². The quantitative estimate of drug-likeness (QED) is 0.905. The molecule has 7 heteroatoms. The molecule has 0 saturated carbocycles. The van der Waals surface area contributed by atoms with Crippen LogP contribution in [0.25, 0.3) is 0 Å². The summed E-state index contributed by atoms with van der Waals surface area (Å²) in [6.07, 6.45) is 0. The lowest BCUT2D eigenvalue weighted by Gasteiger charge is -2.11. The minimum atomic E-state index is 0.0100. The highest BCUT2D eigenvalue weighted by molar-refractivity contribution is 5.48. The van der Waals surface area contributed by atoms with Gasteiger partial charge < -0.3 is 15.2 Å². The predicted molar refractivity (Wildman–Crippen MR) is 71.5 cm³/mol. The van der Waals surface area contributed by atoms with Crippen LogP contribution in [0.1, 0.15) is 16.7 Å². The molecule has 0 radical (unpaired) electrons. The number of nitrogen functional groups attached to an aromatic ring is 1. The van der Waals surface area contributed by atoms with Crippen LogP contribution in [0.15, 0.2) is 12.1 Å². The molecule has 1 heterocycles. The maximum Gasteiger partial charge on any atom is 0.330 e. The number of hydrogen-bond acceptors (Lipinski definition) is 7. The molecule has 2 N–H and O–H groups in total. The maximum absolute atomic E-state index is 8.91. The molecule has 1 aromatic carbocycles. The molecule has 0 fully saturated rings. The van der Waals surface area contributed by atoms with E-state index in [1.54, 1.807) is 12.1 Å². The molecule has 0 aliphatic rings. The second-order valence-corrected chi connectivity index (χ2v) is 4.12. The first-order chi connectivity index (χ1) is 9.53. The Morgan fingerprint density at radius 2 is 1.70 bits per heavy atom. The van der Waals surface area contributed by atoms with Gasteiger partial charge in [0.25, 0.3) is 0 Å². The predicted octanol–water partition coefficient (Wildman–Crippen LogP) is 1.74. The Hall–Kier alpha value is -2.88. The third-order valence-electron chi connectivity index (χ3n) is 2.58. The zero-order chi connectivity index (χ0) is 14.7. The van der Waals surface area contributed by atoms with Crippen molar-refractivity contribution < 1.29 is 9.47 Å². The number of hydrogen-bond donors (Lipinski definition) is 1. The van der Waals surface area contributed by atoms with Crippen molar-refractivity contribution in [1.29, 1.82) is 5.26 Å². The molecule has 7 nitrogen and oxygen atoms in total. The maximum atomic E-state index is 8.91. The summed E-state index contributed by atoms with van der Waals surface area (Å²) in [5, 5.41) is 8.91. The zero-order valence-corrected chi connectivity index (χ0v) is 11.3. The van der Waals surface area contributed by atoms with E-state index in [1.807, 2.05) is 13.8 Å². The van der Waals surface area contributed by atoms with Crippen LogP contribution in [0.4, 0.5) is 5.95 Å². The van der Waals surface area contributed by atoms with E-state index in [9.17, 15) is 0 Å². The molecule has 0 aliphatic carbocycles. The standard InChI is InChI=1S/C13H13N5O2/c1-7-4-9(6-14)5-8(2)10(7)20-13-17-11(15)16-12(18-13)19-3/h4-5H,1-3H3,(H2,15,16,17,18). The minimum absolute atomic E-state index is 0.0100. The van der Waals surface area contributed by atoms with E-state index in [2.05, 4.69) is 21.0 Å². The SMILES string of the molecule is COc1nc(N)nc(Oc2c(C)cc(C#N)cc2C)n1. The van der Waals surface area contributed by atoms with Crippen molar-refractivity contribution in [2.24, 2.45) is 0 Å². The third-order valence-corrected chi connectivity index (χ3v) is 2.58. The van der Waals surface area contributed by atoms with E-state index in [0.717, 1.165) is 11.1 Å². The Bertz CT molecular complexity index is 671. The van der Waals surface area contributed by atoms with Crippen LogP contribution in [-0.4, -0.2) is 22.1 Å². The van der Waals surface area contributed by atoms with E-state index in [1.165, 1.54) is 7.11 Å². The van der Waals surface area contributed by atoms with Crippen molar-refractivity contribution in [3.05, 3.63) is 28.8 Å². The van der Waals surface area contributed by atoms with Gasteiger partial charge in [0.05, 0.1) is 18.7 Å². The summed E-state index contributed by atoms with van der Waals surface area (Å²) in [7, 11) is 1.43. The fourth-order valence-electron chi connectivity index (χ4n) is 1.76. The van der Waals surface area contributed by atoms with E-state index < -0.39 is 0 Å². The van der Waals surface area contributed by atoms with Gasteiger partial charge in [-0.1, -0.05) is 0 Å². The van der Waals surface area contributed by atoms with Gasteiger partial charge in [0, 0.05) is 0 Å². The third kappa shape index (κ3) is 2.75. The summed E-state index contributed by atoms with van der Waals surface area (Å²) in [6, 6.07) is 5.67. The highest BCUT2D eigenvalue weighted by Gasteiger charge is 2.11. The Morgan fingerprint density at radius 1 is 1.10 bits per heavy atom. The number of nitriles is 1. The smallest absolute Gasteiger partial charge is 0.330 e. The van der Waals surface area contributed by atoms with Gasteiger partial charge in [-0.15, -0.1) is 4.98 Å². The summed E-state index contributed by atoms with van der Waals surface area (Å²) in [6.45, 7) is 3.68. The number of aryl methyl sites for hydroxylation is 2. The van der Waals surface area contributed by atoms with Crippen molar-refractivity contribution in [3.63, 3.8) is 0 Å². The number of rotatable bonds is 3. The van der Waals surface area contributed by atoms with Crippen molar-refractivity contribution in [2.45, 2.75) is 13.8 Å². The summed E-state index contributed by atoms with van der Waals surface area (Å²) in [5.41, 5.74) is 7.72. The molecular formula is C13H13N5O2. The fourth-order valence-corrected chi connectivity index (χ4v) is 1.76. The van der Waals surface area contributed by atoms with Crippen LogP contribution in [0.2, 0.25) is 0 Å². The van der Waals surface area contributed by atoms with E-state index in [0.29, 0.717) is 11.3 Å². The monoisotopic (exact) mass is 271 g/mol. The Kier molecular flexibility index (Phi) is 3.66. The number of methoxy groups -OCH3 is 1. The first-order valence-electron chi connectivity index (χ1n) is 5.78. The topological polar surface area (TPSA) is 107 Å². The highest BCUT2D eigenvalue weighted by atomic mass is 16.5. The lowest BCUT2D eigenvalue weighted by molar-refractivity contribution is 0.359. The molecule has 0 aliphatic heterocycles. The molecule has 2 aromatic rings. The van der Waals surface area contributed by atoms with Gasteiger partial charge in [-0.2, -0.15) is 15.2 Å². The molecule has 0 unspecified atom stereocenters. The summed E-state index contributed by atoms with van der Waals surface area (Å²) < 4.78 is 10.5. The Balaban J connectivity index is 2.40. The molecule has 0 amide bonds. The van der Waals surface area contributed by atoms with Gasteiger partial charge >= 0.3 is 12.0 Å². The molecular weight excluding hydrogens is 258 g/mol. The zero-order valence-electron chi connectivity index (χ0n) is 11.3. The number of benzene rings is 1. The average molecular weight is 271 g/mol.